The van der Waals surface area contributed by atoms with E-state index in [1.807, 2.05) is 12.1 Å². The summed E-state index contributed by atoms with van der Waals surface area (Å²) in [7, 11) is 0. The first kappa shape index (κ1) is 14.3. The third-order valence-electron chi connectivity index (χ3n) is 4.83. The Balaban J connectivity index is 1.63. The molecule has 3 nitrogen and oxygen atoms in total. The average Bonchev–Trinajstić information content (AvgIpc) is 2.74. The Morgan fingerprint density at radius 3 is 2.19 bits per heavy atom. The number of carbonyl (C=O) groups excluding carboxylic acids is 2. The minimum atomic E-state index is -0.119. The third-order valence-corrected chi connectivity index (χ3v) is 4.83. The highest BCUT2D eigenvalue weighted by Gasteiger charge is 2.35. The number of hydrogen-bond donors (Lipinski definition) is 0. The van der Waals surface area contributed by atoms with Crippen LogP contribution in [-0.2, 0) is 0 Å². The molecule has 3 rings (SSSR count). The number of amides is 2. The van der Waals surface area contributed by atoms with Crippen molar-refractivity contribution < 1.29 is 9.59 Å². The topological polar surface area (TPSA) is 37.4 Å². The number of nitrogens with zero attached hydrogens (tertiary/aromatic N) is 1. The first-order valence-electron chi connectivity index (χ1n) is 8.12. The molecule has 0 N–H and O–H groups in total. The van der Waals surface area contributed by atoms with Crippen molar-refractivity contribution in [2.45, 2.75) is 45.4 Å². The Labute approximate surface area is 126 Å². The van der Waals surface area contributed by atoms with Gasteiger partial charge in [-0.3, -0.25) is 14.5 Å². The lowest BCUT2D eigenvalue weighted by atomic mass is 9.83. The van der Waals surface area contributed by atoms with E-state index in [2.05, 4.69) is 6.92 Å². The van der Waals surface area contributed by atoms with Crippen molar-refractivity contribution in [3.63, 3.8) is 0 Å². The molecule has 2 amide bonds. The van der Waals surface area contributed by atoms with Gasteiger partial charge in [-0.2, -0.15) is 0 Å². The molecular weight excluding hydrogens is 262 g/mol. The van der Waals surface area contributed by atoms with Crippen molar-refractivity contribution in [3.8, 4) is 0 Å². The number of rotatable bonds is 4. The summed E-state index contributed by atoms with van der Waals surface area (Å²) in [6, 6.07) is 7.14. The number of imide groups is 1. The lowest BCUT2D eigenvalue weighted by Crippen LogP contribution is -2.34. The normalized spacial score (nSPS) is 20.7. The zero-order valence-electron chi connectivity index (χ0n) is 12.7. The summed E-state index contributed by atoms with van der Waals surface area (Å²) in [5.74, 6) is 0.927. The molecule has 112 valence electrons. The van der Waals surface area contributed by atoms with Crippen LogP contribution in [0.1, 0.15) is 66.2 Å². The predicted molar refractivity (Wildman–Crippen MR) is 82.2 cm³/mol. The molecule has 2 aliphatic rings. The molecule has 0 spiro atoms. The van der Waals surface area contributed by atoms with Gasteiger partial charge in [-0.25, -0.2) is 0 Å². The van der Waals surface area contributed by atoms with Crippen LogP contribution in [0.4, 0.5) is 0 Å². The first-order chi connectivity index (χ1) is 10.2. The zero-order chi connectivity index (χ0) is 14.8. The molecule has 3 heteroatoms. The lowest BCUT2D eigenvalue weighted by Gasteiger charge is -2.26. The Morgan fingerprint density at radius 1 is 1.05 bits per heavy atom. The molecule has 1 heterocycles. The van der Waals surface area contributed by atoms with Gasteiger partial charge in [-0.15, -0.1) is 0 Å². The Morgan fingerprint density at radius 2 is 1.62 bits per heavy atom. The minimum absolute atomic E-state index is 0.119. The third kappa shape index (κ3) is 2.87. The summed E-state index contributed by atoms with van der Waals surface area (Å²) in [4.78, 5) is 26.1. The van der Waals surface area contributed by atoms with Crippen molar-refractivity contribution in [1.29, 1.82) is 0 Å². The van der Waals surface area contributed by atoms with Gasteiger partial charge in [0.1, 0.15) is 0 Å². The number of carbonyl (C=O) groups is 2. The fourth-order valence-electron chi connectivity index (χ4n) is 3.78. The van der Waals surface area contributed by atoms with Crippen LogP contribution in [-0.4, -0.2) is 23.3 Å². The van der Waals surface area contributed by atoms with E-state index in [1.54, 1.807) is 12.1 Å². The van der Waals surface area contributed by atoms with E-state index in [-0.39, 0.29) is 11.8 Å². The van der Waals surface area contributed by atoms with Crippen molar-refractivity contribution in [3.05, 3.63) is 35.4 Å². The Hall–Kier alpha value is -1.64. The molecule has 1 aliphatic carbocycles. The fourth-order valence-corrected chi connectivity index (χ4v) is 3.78. The van der Waals surface area contributed by atoms with E-state index in [1.165, 1.54) is 37.0 Å². The van der Waals surface area contributed by atoms with Gasteiger partial charge >= 0.3 is 0 Å². The van der Waals surface area contributed by atoms with Gasteiger partial charge in [0.15, 0.2) is 0 Å². The van der Waals surface area contributed by atoms with E-state index < -0.39 is 0 Å². The van der Waals surface area contributed by atoms with Crippen LogP contribution in [0.5, 0.6) is 0 Å². The van der Waals surface area contributed by atoms with Gasteiger partial charge in [0.05, 0.1) is 11.1 Å². The van der Waals surface area contributed by atoms with Crippen molar-refractivity contribution in [1.82, 2.24) is 4.90 Å². The fraction of sp³-hybridized carbons (Fsp3) is 0.556. The number of hydrogen-bond acceptors (Lipinski definition) is 2. The maximum atomic E-state index is 12.3. The van der Waals surface area contributed by atoms with Crippen LogP contribution < -0.4 is 0 Å². The molecule has 1 aromatic rings. The minimum Gasteiger partial charge on any atom is -0.274 e. The quantitative estimate of drug-likeness (QED) is 0.787. The second kappa shape index (κ2) is 6.00. The van der Waals surface area contributed by atoms with E-state index in [0.717, 1.165) is 12.3 Å². The molecule has 1 atom stereocenters. The van der Waals surface area contributed by atoms with Gasteiger partial charge in [-0.1, -0.05) is 51.2 Å². The molecule has 1 aromatic carbocycles. The molecule has 1 aliphatic heterocycles. The molecular formula is C18H23NO2. The molecule has 0 radical (unpaired) electrons. The van der Waals surface area contributed by atoms with Crippen LogP contribution in [0.25, 0.3) is 0 Å². The van der Waals surface area contributed by atoms with Crippen molar-refractivity contribution >= 4 is 11.8 Å². The van der Waals surface area contributed by atoms with Gasteiger partial charge < -0.3 is 0 Å². The van der Waals surface area contributed by atoms with Crippen LogP contribution >= 0.6 is 0 Å². The van der Waals surface area contributed by atoms with Crippen LogP contribution in [0.2, 0.25) is 0 Å². The van der Waals surface area contributed by atoms with Crippen molar-refractivity contribution in [2.24, 2.45) is 11.8 Å². The molecule has 0 unspecified atom stereocenters. The summed E-state index contributed by atoms with van der Waals surface area (Å²) in [6.45, 7) is 2.72. The molecule has 1 saturated carbocycles. The Bertz CT molecular complexity index is 511. The van der Waals surface area contributed by atoms with Gasteiger partial charge in [0.25, 0.3) is 11.8 Å². The highest BCUT2D eigenvalue weighted by atomic mass is 16.2. The smallest absolute Gasteiger partial charge is 0.261 e. The first-order valence-corrected chi connectivity index (χ1v) is 8.12. The summed E-state index contributed by atoms with van der Waals surface area (Å²) in [5, 5.41) is 0. The van der Waals surface area contributed by atoms with Crippen LogP contribution in [0.3, 0.4) is 0 Å². The summed E-state index contributed by atoms with van der Waals surface area (Å²) < 4.78 is 0. The molecule has 21 heavy (non-hydrogen) atoms. The second-order valence-electron chi connectivity index (χ2n) is 6.61. The van der Waals surface area contributed by atoms with Gasteiger partial charge in [0, 0.05) is 6.54 Å². The highest BCUT2D eigenvalue weighted by Crippen LogP contribution is 2.30. The molecule has 0 aromatic heterocycles. The van der Waals surface area contributed by atoms with E-state index >= 15 is 0 Å². The number of fused-ring (bicyclic) bond motifs is 1. The van der Waals surface area contributed by atoms with E-state index in [0.29, 0.717) is 23.6 Å². The summed E-state index contributed by atoms with van der Waals surface area (Å²) in [6.07, 6.45) is 7.80. The van der Waals surface area contributed by atoms with Gasteiger partial charge in [0.2, 0.25) is 0 Å². The molecule has 0 bridgehead atoms. The van der Waals surface area contributed by atoms with Gasteiger partial charge in [-0.05, 0) is 30.4 Å². The van der Waals surface area contributed by atoms with Crippen molar-refractivity contribution in [2.75, 3.05) is 6.54 Å². The highest BCUT2D eigenvalue weighted by molar-refractivity contribution is 6.21. The zero-order valence-corrected chi connectivity index (χ0v) is 12.7. The number of benzene rings is 1. The standard InChI is InChI=1S/C18H23NO2/c1-13(11-14-7-3-2-4-8-14)12-19-17(20)15-9-5-6-10-16(15)18(19)21/h5-6,9-10,13-14H,2-4,7-8,11-12H2,1H3/t13-/m0/s1. The maximum absolute atomic E-state index is 12.3. The van der Waals surface area contributed by atoms with E-state index in [4.69, 9.17) is 0 Å². The van der Waals surface area contributed by atoms with Crippen LogP contribution in [0, 0.1) is 11.8 Å². The molecule has 0 saturated heterocycles. The summed E-state index contributed by atoms with van der Waals surface area (Å²) in [5.41, 5.74) is 1.12. The predicted octanol–water partition coefficient (Wildman–Crippen LogP) is 3.89. The molecule has 1 fully saturated rings. The second-order valence-corrected chi connectivity index (χ2v) is 6.61. The largest absolute Gasteiger partial charge is 0.274 e. The SMILES string of the molecule is C[C@@H](CC1CCCCC1)CN1C(=O)c2ccccc2C1=O. The lowest BCUT2D eigenvalue weighted by molar-refractivity contribution is 0.0623. The maximum Gasteiger partial charge on any atom is 0.261 e. The summed E-state index contributed by atoms with van der Waals surface area (Å²) >= 11 is 0. The van der Waals surface area contributed by atoms with E-state index in [9.17, 15) is 9.59 Å². The van der Waals surface area contributed by atoms with Crippen LogP contribution in [0.15, 0.2) is 24.3 Å². The average molecular weight is 285 g/mol. The Kier molecular flexibility index (Phi) is 4.09. The monoisotopic (exact) mass is 285 g/mol.